The second kappa shape index (κ2) is 7.83. The summed E-state index contributed by atoms with van der Waals surface area (Å²) in [6.45, 7) is 12.3. The Labute approximate surface area is 145 Å². The smallest absolute Gasteiger partial charge is 0.222 e. The molecule has 4 aliphatic heterocycles. The van der Waals surface area contributed by atoms with Crippen molar-refractivity contribution in [1.82, 2.24) is 20.4 Å². The van der Waals surface area contributed by atoms with E-state index >= 15 is 0 Å². The molecule has 0 saturated carbocycles. The molecule has 136 valence electrons. The van der Waals surface area contributed by atoms with Crippen LogP contribution in [0, 0.1) is 23.7 Å². The SMILES string of the molecule is CCC(=O)N1CC2CNCC2C1.CCC(=O)N1CC2CNCC2C1. The first-order valence-corrected chi connectivity index (χ1v) is 9.59. The second-order valence-electron chi connectivity index (χ2n) is 7.66. The number of nitrogens with zero attached hydrogens (tertiary/aromatic N) is 2. The van der Waals surface area contributed by atoms with Crippen LogP contribution in [0.4, 0.5) is 0 Å². The van der Waals surface area contributed by atoms with Gasteiger partial charge in [0.25, 0.3) is 0 Å². The van der Waals surface area contributed by atoms with Crippen molar-refractivity contribution >= 4 is 11.8 Å². The number of rotatable bonds is 2. The molecule has 0 aliphatic carbocycles. The number of hydrogen-bond acceptors (Lipinski definition) is 4. The minimum Gasteiger partial charge on any atom is -0.342 e. The summed E-state index contributed by atoms with van der Waals surface area (Å²) in [5.74, 6) is 3.59. The van der Waals surface area contributed by atoms with Gasteiger partial charge in [-0.2, -0.15) is 0 Å². The number of amides is 2. The summed E-state index contributed by atoms with van der Waals surface area (Å²) in [4.78, 5) is 26.7. The maximum absolute atomic E-state index is 11.4. The monoisotopic (exact) mass is 336 g/mol. The average molecular weight is 336 g/mol. The van der Waals surface area contributed by atoms with Crippen LogP contribution in [0.2, 0.25) is 0 Å². The minimum atomic E-state index is 0.324. The molecule has 2 amide bonds. The van der Waals surface area contributed by atoms with E-state index in [4.69, 9.17) is 0 Å². The fourth-order valence-corrected chi connectivity index (χ4v) is 4.57. The highest BCUT2D eigenvalue weighted by atomic mass is 16.2. The van der Waals surface area contributed by atoms with Crippen molar-refractivity contribution in [2.45, 2.75) is 26.7 Å². The summed E-state index contributed by atoms with van der Waals surface area (Å²) in [6.07, 6.45) is 1.32. The molecule has 4 fully saturated rings. The molecular formula is C18H32N4O2. The molecule has 2 N–H and O–H groups in total. The summed E-state index contributed by atoms with van der Waals surface area (Å²) >= 11 is 0. The van der Waals surface area contributed by atoms with E-state index in [0.29, 0.717) is 24.7 Å². The number of nitrogens with one attached hydrogen (secondary N) is 2. The number of likely N-dealkylation sites (tertiary alicyclic amines) is 2. The van der Waals surface area contributed by atoms with Crippen LogP contribution in [0.15, 0.2) is 0 Å². The van der Waals surface area contributed by atoms with Crippen LogP contribution in [-0.2, 0) is 9.59 Å². The Kier molecular flexibility index (Phi) is 5.76. The topological polar surface area (TPSA) is 64.7 Å². The predicted molar refractivity (Wildman–Crippen MR) is 93.4 cm³/mol. The van der Waals surface area contributed by atoms with Gasteiger partial charge in [-0.05, 0) is 23.7 Å². The van der Waals surface area contributed by atoms with Crippen LogP contribution in [0.25, 0.3) is 0 Å². The van der Waals surface area contributed by atoms with Gasteiger partial charge in [-0.3, -0.25) is 9.59 Å². The third kappa shape index (κ3) is 3.75. The zero-order valence-corrected chi connectivity index (χ0v) is 15.1. The summed E-state index contributed by atoms with van der Waals surface area (Å²) < 4.78 is 0. The lowest BCUT2D eigenvalue weighted by Crippen LogP contribution is -2.31. The lowest BCUT2D eigenvalue weighted by molar-refractivity contribution is -0.130. The van der Waals surface area contributed by atoms with Gasteiger partial charge in [0, 0.05) is 65.2 Å². The first-order chi connectivity index (χ1) is 11.6. The van der Waals surface area contributed by atoms with Crippen LogP contribution < -0.4 is 10.6 Å². The molecule has 4 heterocycles. The molecule has 4 rings (SSSR count). The second-order valence-corrected chi connectivity index (χ2v) is 7.66. The third-order valence-corrected chi connectivity index (χ3v) is 6.09. The lowest BCUT2D eigenvalue weighted by atomic mass is 10.0. The van der Waals surface area contributed by atoms with Gasteiger partial charge in [-0.25, -0.2) is 0 Å². The average Bonchev–Trinajstić information content (AvgIpc) is 3.31. The maximum atomic E-state index is 11.4. The summed E-state index contributed by atoms with van der Waals surface area (Å²) in [7, 11) is 0. The van der Waals surface area contributed by atoms with Crippen LogP contribution in [0.5, 0.6) is 0 Å². The fourth-order valence-electron chi connectivity index (χ4n) is 4.57. The molecule has 0 aromatic heterocycles. The van der Waals surface area contributed by atoms with E-state index in [9.17, 15) is 9.59 Å². The highest BCUT2D eigenvalue weighted by molar-refractivity contribution is 5.76. The van der Waals surface area contributed by atoms with Crippen molar-refractivity contribution in [2.24, 2.45) is 23.7 Å². The number of fused-ring (bicyclic) bond motifs is 2. The Hall–Kier alpha value is -1.14. The largest absolute Gasteiger partial charge is 0.342 e. The van der Waals surface area contributed by atoms with Gasteiger partial charge in [0.15, 0.2) is 0 Å². The molecule has 6 nitrogen and oxygen atoms in total. The molecular weight excluding hydrogens is 304 g/mol. The van der Waals surface area contributed by atoms with E-state index in [2.05, 4.69) is 10.6 Å². The van der Waals surface area contributed by atoms with Gasteiger partial charge < -0.3 is 20.4 Å². The lowest BCUT2D eigenvalue weighted by Gasteiger charge is -2.15. The standard InChI is InChI=1S/2C9H16N2O/c2*1-2-9(12)11-5-7-3-10-4-8(7)6-11/h2*7-8,10H,2-6H2,1H3. The van der Waals surface area contributed by atoms with Crippen molar-refractivity contribution < 1.29 is 9.59 Å². The van der Waals surface area contributed by atoms with Crippen molar-refractivity contribution in [1.29, 1.82) is 0 Å². The highest BCUT2D eigenvalue weighted by Crippen LogP contribution is 2.27. The van der Waals surface area contributed by atoms with E-state index in [1.165, 1.54) is 0 Å². The Morgan fingerprint density at radius 3 is 1.25 bits per heavy atom. The Balaban J connectivity index is 0.000000141. The van der Waals surface area contributed by atoms with Crippen molar-refractivity contribution in [3.8, 4) is 0 Å². The Morgan fingerprint density at radius 1 is 0.708 bits per heavy atom. The van der Waals surface area contributed by atoms with Gasteiger partial charge in [0.1, 0.15) is 0 Å². The molecule has 4 aliphatic rings. The quantitative estimate of drug-likeness (QED) is 0.753. The van der Waals surface area contributed by atoms with E-state index in [-0.39, 0.29) is 0 Å². The highest BCUT2D eigenvalue weighted by Gasteiger charge is 2.38. The van der Waals surface area contributed by atoms with Crippen molar-refractivity contribution in [3.05, 3.63) is 0 Å². The first-order valence-electron chi connectivity index (χ1n) is 9.59. The first kappa shape index (κ1) is 17.7. The van der Waals surface area contributed by atoms with E-state index < -0.39 is 0 Å². The molecule has 0 radical (unpaired) electrons. The zero-order valence-electron chi connectivity index (χ0n) is 15.1. The number of carbonyl (C=O) groups excluding carboxylic acids is 2. The van der Waals surface area contributed by atoms with E-state index in [1.54, 1.807) is 0 Å². The van der Waals surface area contributed by atoms with E-state index in [0.717, 1.165) is 76.0 Å². The Bertz CT molecular complexity index is 404. The number of hydrogen-bond donors (Lipinski definition) is 2. The van der Waals surface area contributed by atoms with Crippen LogP contribution in [0.3, 0.4) is 0 Å². The van der Waals surface area contributed by atoms with E-state index in [1.807, 2.05) is 23.6 Å². The molecule has 6 heteroatoms. The van der Waals surface area contributed by atoms with Gasteiger partial charge in [0.2, 0.25) is 11.8 Å². The molecule has 0 aromatic rings. The predicted octanol–water partition coefficient (Wildman–Crippen LogP) is 0.148. The maximum Gasteiger partial charge on any atom is 0.222 e. The van der Waals surface area contributed by atoms with Gasteiger partial charge in [0.05, 0.1) is 0 Å². The van der Waals surface area contributed by atoms with Gasteiger partial charge >= 0.3 is 0 Å². The zero-order chi connectivity index (χ0) is 17.1. The molecule has 0 bridgehead atoms. The van der Waals surface area contributed by atoms with Crippen molar-refractivity contribution in [3.63, 3.8) is 0 Å². The summed E-state index contributed by atoms with van der Waals surface area (Å²) in [5, 5.41) is 6.73. The van der Waals surface area contributed by atoms with Crippen LogP contribution >= 0.6 is 0 Å². The molecule has 0 aromatic carbocycles. The minimum absolute atomic E-state index is 0.324. The molecule has 4 saturated heterocycles. The molecule has 4 atom stereocenters. The summed E-state index contributed by atoms with van der Waals surface area (Å²) in [6, 6.07) is 0. The molecule has 4 unspecified atom stereocenters. The normalized spacial score (nSPS) is 33.9. The molecule has 24 heavy (non-hydrogen) atoms. The van der Waals surface area contributed by atoms with Gasteiger partial charge in [-0.15, -0.1) is 0 Å². The number of carbonyl (C=O) groups is 2. The molecule has 0 spiro atoms. The van der Waals surface area contributed by atoms with Crippen LogP contribution in [-0.4, -0.2) is 74.0 Å². The van der Waals surface area contributed by atoms with Gasteiger partial charge in [-0.1, -0.05) is 13.8 Å². The van der Waals surface area contributed by atoms with Crippen LogP contribution in [0.1, 0.15) is 26.7 Å². The fraction of sp³-hybridized carbons (Fsp3) is 0.889. The van der Waals surface area contributed by atoms with Crippen molar-refractivity contribution in [2.75, 3.05) is 52.4 Å². The third-order valence-electron chi connectivity index (χ3n) is 6.09. The summed E-state index contributed by atoms with van der Waals surface area (Å²) in [5.41, 5.74) is 0. The Morgan fingerprint density at radius 2 is 1.00 bits per heavy atom.